The first kappa shape index (κ1) is 32.6. The van der Waals surface area contributed by atoms with Crippen LogP contribution in [0.4, 0.5) is 0 Å². The third kappa shape index (κ3) is 13.1. The Kier molecular flexibility index (Phi) is 18.3. The second kappa shape index (κ2) is 17.9. The summed E-state index contributed by atoms with van der Waals surface area (Å²) in [4.78, 5) is 40.7. The smallest absolute Gasteiger partial charge is 0.545 e. The minimum atomic E-state index is -1.31. The summed E-state index contributed by atoms with van der Waals surface area (Å²) in [6, 6.07) is 20.9. The van der Waals surface area contributed by atoms with E-state index in [1.54, 1.807) is 36.4 Å². The number of carboxylic acid groups (broad SMARTS) is 4. The average molecular weight is 487 g/mol. The monoisotopic (exact) mass is 486 g/mol. The molecule has 32 heavy (non-hydrogen) atoms. The van der Waals surface area contributed by atoms with Crippen LogP contribution < -0.4 is 66.7 Å². The molecular formula is C22H15CaKO8. The normalized spacial score (nSPS) is 8.50. The van der Waals surface area contributed by atoms with Gasteiger partial charge in [0.05, 0.1) is 23.5 Å². The predicted octanol–water partition coefficient (Wildman–Crippen LogP) is -3.53. The van der Waals surface area contributed by atoms with E-state index in [2.05, 4.69) is 0 Å². The maximum absolute atomic E-state index is 10.3. The molecule has 0 aliphatic carbocycles. The molecule has 0 aromatic heterocycles. The minimum Gasteiger partial charge on any atom is -0.545 e. The van der Waals surface area contributed by atoms with Gasteiger partial charge in [0.2, 0.25) is 0 Å². The zero-order valence-electron chi connectivity index (χ0n) is 17.1. The van der Waals surface area contributed by atoms with Crippen LogP contribution in [0.1, 0.15) is 41.4 Å². The second-order valence-electron chi connectivity index (χ2n) is 5.48. The Hall–Kier alpha value is -1.56. The van der Waals surface area contributed by atoms with E-state index in [1.165, 1.54) is 48.5 Å². The summed E-state index contributed by atoms with van der Waals surface area (Å²) in [7, 11) is 0. The molecule has 1 N–H and O–H groups in total. The molecule has 10 heteroatoms. The van der Waals surface area contributed by atoms with Crippen LogP contribution in [0.3, 0.4) is 0 Å². The summed E-state index contributed by atoms with van der Waals surface area (Å²) in [6.45, 7) is 0. The first-order valence-electron chi connectivity index (χ1n) is 8.30. The zero-order chi connectivity index (χ0) is 22.5. The van der Waals surface area contributed by atoms with Gasteiger partial charge in [0.25, 0.3) is 0 Å². The maximum atomic E-state index is 10.3. The number of carbonyl (C=O) groups excluding carboxylic acids is 3. The molecule has 0 bridgehead atoms. The van der Waals surface area contributed by atoms with E-state index in [0.717, 1.165) is 0 Å². The predicted molar refractivity (Wildman–Crippen MR) is 105 cm³/mol. The van der Waals surface area contributed by atoms with Crippen LogP contribution in [0.15, 0.2) is 84.9 Å². The van der Waals surface area contributed by atoms with Crippen LogP contribution >= 0.6 is 0 Å². The van der Waals surface area contributed by atoms with E-state index in [-0.39, 0.29) is 111 Å². The van der Waals surface area contributed by atoms with Gasteiger partial charge in [0.15, 0.2) is 0 Å². The van der Waals surface area contributed by atoms with Crippen molar-refractivity contribution in [2.45, 2.75) is 0 Å². The third-order valence-electron chi connectivity index (χ3n) is 3.39. The molecule has 0 atom stereocenters. The molecule has 0 saturated carbocycles. The molecule has 154 valence electrons. The van der Waals surface area contributed by atoms with Crippen molar-refractivity contribution in [1.29, 1.82) is 0 Å². The fraction of sp³-hybridized carbons (Fsp3) is 0. The van der Waals surface area contributed by atoms with Crippen molar-refractivity contribution in [3.05, 3.63) is 107 Å². The molecule has 0 spiro atoms. The van der Waals surface area contributed by atoms with E-state index >= 15 is 0 Å². The van der Waals surface area contributed by atoms with Gasteiger partial charge in [-0.15, -0.1) is 0 Å². The van der Waals surface area contributed by atoms with E-state index < -0.39 is 23.9 Å². The van der Waals surface area contributed by atoms with Gasteiger partial charge in [-0.2, -0.15) is 0 Å². The van der Waals surface area contributed by atoms with Gasteiger partial charge in [-0.1, -0.05) is 72.8 Å². The minimum absolute atomic E-state index is 0. The van der Waals surface area contributed by atoms with Crippen LogP contribution in [0.5, 0.6) is 0 Å². The van der Waals surface area contributed by atoms with Crippen molar-refractivity contribution in [2.24, 2.45) is 0 Å². The molecule has 0 radical (unpaired) electrons. The zero-order valence-corrected chi connectivity index (χ0v) is 22.4. The number of hydrogen-bond donors (Lipinski definition) is 1. The summed E-state index contributed by atoms with van der Waals surface area (Å²) in [5.74, 6) is -4.65. The average Bonchev–Trinajstić information content (AvgIpc) is 2.76. The molecule has 3 rings (SSSR count). The molecular weight excluding hydrogens is 471 g/mol. The Morgan fingerprint density at radius 3 is 0.969 bits per heavy atom. The Labute approximate surface area is 256 Å². The number of carbonyl (C=O) groups is 4. The van der Waals surface area contributed by atoms with Crippen LogP contribution in [0.25, 0.3) is 0 Å². The van der Waals surface area contributed by atoms with Crippen molar-refractivity contribution in [3.63, 3.8) is 0 Å². The second-order valence-corrected chi connectivity index (χ2v) is 5.48. The molecule has 0 unspecified atom stereocenters. The molecule has 0 aliphatic rings. The summed E-state index contributed by atoms with van der Waals surface area (Å²) in [5, 5.41) is 38.9. The van der Waals surface area contributed by atoms with Gasteiger partial charge < -0.3 is 34.8 Å². The van der Waals surface area contributed by atoms with Gasteiger partial charge in [0.1, 0.15) is 0 Å². The van der Waals surface area contributed by atoms with Crippen LogP contribution in [0.2, 0.25) is 0 Å². The quantitative estimate of drug-likeness (QED) is 0.372. The van der Waals surface area contributed by atoms with Crippen LogP contribution in [-0.4, -0.2) is 66.7 Å². The topological polar surface area (TPSA) is 158 Å². The molecule has 0 amide bonds. The maximum Gasteiger partial charge on any atom is 2.00 e. The number of benzene rings is 3. The number of aromatic carboxylic acids is 4. The third-order valence-corrected chi connectivity index (χ3v) is 3.39. The first-order chi connectivity index (χ1) is 14.2. The van der Waals surface area contributed by atoms with E-state index in [0.29, 0.717) is 0 Å². The van der Waals surface area contributed by atoms with Gasteiger partial charge in [-0.25, -0.2) is 4.79 Å². The Bertz CT molecular complexity index is 911. The standard InChI is InChI=1S/C8H6O4.2C7H6O2.Ca.K/c9-7(10)5-1-2-6(4-3-5)8(11)12;2*8-7(9)6-4-2-1-3-5-6;;/h1-4H,(H,9,10)(H,11,12);2*1-5H,(H,8,9);;/q;;;+2;+1/p-3. The van der Waals surface area contributed by atoms with Crippen LogP contribution in [0, 0.1) is 0 Å². The molecule has 0 heterocycles. The number of carboxylic acids is 4. The number of rotatable bonds is 4. The fourth-order valence-corrected chi connectivity index (χ4v) is 1.90. The van der Waals surface area contributed by atoms with Crippen molar-refractivity contribution >= 4 is 61.6 Å². The van der Waals surface area contributed by atoms with Crippen molar-refractivity contribution in [2.75, 3.05) is 0 Å². The Morgan fingerprint density at radius 2 is 0.750 bits per heavy atom. The molecule has 0 fully saturated rings. The summed E-state index contributed by atoms with van der Waals surface area (Å²) < 4.78 is 0. The SMILES string of the molecule is O=C([O-])c1ccc(C(=O)O)cc1.O=C([O-])c1ccccc1.O=C([O-])c1ccccc1.[Ca+2].[K+]. The Morgan fingerprint density at radius 1 is 0.500 bits per heavy atom. The van der Waals surface area contributed by atoms with E-state index in [4.69, 9.17) is 5.11 Å². The van der Waals surface area contributed by atoms with Crippen molar-refractivity contribution in [3.8, 4) is 0 Å². The molecule has 0 saturated heterocycles. The molecule has 8 nitrogen and oxygen atoms in total. The summed E-state index contributed by atoms with van der Waals surface area (Å²) >= 11 is 0. The molecule has 0 aliphatic heterocycles. The summed E-state index contributed by atoms with van der Waals surface area (Å²) in [6.07, 6.45) is 0. The van der Waals surface area contributed by atoms with Gasteiger partial charge >= 0.3 is 95.1 Å². The van der Waals surface area contributed by atoms with Gasteiger partial charge in [0, 0.05) is 0 Å². The molecule has 3 aromatic carbocycles. The van der Waals surface area contributed by atoms with Crippen LogP contribution in [-0.2, 0) is 0 Å². The number of hydrogen-bond acceptors (Lipinski definition) is 7. The Balaban J connectivity index is 0. The van der Waals surface area contributed by atoms with Crippen molar-refractivity contribution in [1.82, 2.24) is 0 Å². The van der Waals surface area contributed by atoms with Crippen molar-refractivity contribution < 1.29 is 91.0 Å². The van der Waals surface area contributed by atoms with E-state index in [1.807, 2.05) is 0 Å². The fourth-order valence-electron chi connectivity index (χ4n) is 1.90. The largest absolute Gasteiger partial charge is 2.00 e. The molecule has 3 aromatic rings. The first-order valence-corrected chi connectivity index (χ1v) is 8.30. The summed E-state index contributed by atoms with van der Waals surface area (Å²) in [5.41, 5.74) is 0.468. The van der Waals surface area contributed by atoms with Gasteiger partial charge in [-0.3, -0.25) is 0 Å². The van der Waals surface area contributed by atoms with E-state index in [9.17, 15) is 34.5 Å². The van der Waals surface area contributed by atoms with Gasteiger partial charge in [-0.05, 0) is 28.8 Å².